The number of nitrogens with zero attached hydrogens (tertiary/aromatic N) is 2. The fourth-order valence-electron chi connectivity index (χ4n) is 3.91. The first-order chi connectivity index (χ1) is 13.3. The van der Waals surface area contributed by atoms with E-state index in [1.54, 1.807) is 0 Å². The minimum atomic E-state index is -2.39. The first-order valence-electron chi connectivity index (χ1n) is 8.84. The number of carbonyl (C=O) groups is 1. The zero-order valence-electron chi connectivity index (χ0n) is 15.1. The third-order valence-electron chi connectivity index (χ3n) is 5.39. The lowest BCUT2D eigenvalue weighted by Gasteiger charge is -2.27. The van der Waals surface area contributed by atoms with Crippen molar-refractivity contribution >= 4 is 22.6 Å². The van der Waals surface area contributed by atoms with Crippen molar-refractivity contribution in [2.45, 2.75) is 32.1 Å². The molecular formula is C20H19N3O5. The van der Waals surface area contributed by atoms with Crippen LogP contribution >= 0.6 is 0 Å². The minimum absolute atomic E-state index is 0.0584. The van der Waals surface area contributed by atoms with Gasteiger partial charge in [-0.15, -0.1) is 0 Å². The summed E-state index contributed by atoms with van der Waals surface area (Å²) >= 11 is 0. The van der Waals surface area contributed by atoms with Crippen molar-refractivity contribution in [3.63, 3.8) is 0 Å². The molecule has 0 amide bonds. The molecule has 1 aliphatic heterocycles. The van der Waals surface area contributed by atoms with Crippen molar-refractivity contribution in [3.05, 3.63) is 57.4 Å². The minimum Gasteiger partial charge on any atom is -0.479 e. The van der Waals surface area contributed by atoms with E-state index in [1.807, 2.05) is 30.3 Å². The highest BCUT2D eigenvalue weighted by atomic mass is 16.4. The Labute approximate surface area is 159 Å². The molecule has 5 N–H and O–H groups in total. The quantitative estimate of drug-likeness (QED) is 0.416. The Morgan fingerprint density at radius 2 is 2.07 bits per heavy atom. The summed E-state index contributed by atoms with van der Waals surface area (Å²) in [6, 6.07) is 9.37. The highest BCUT2D eigenvalue weighted by Crippen LogP contribution is 2.41. The highest BCUT2D eigenvalue weighted by Gasteiger charge is 2.43. The fraction of sp³-hybridized carbons (Fsp3) is 0.250. The average Bonchev–Trinajstić information content (AvgIpc) is 3.06. The third-order valence-corrected chi connectivity index (χ3v) is 5.39. The third kappa shape index (κ3) is 2.28. The van der Waals surface area contributed by atoms with Crippen molar-refractivity contribution in [2.75, 3.05) is 5.73 Å². The van der Waals surface area contributed by atoms with Crippen LogP contribution in [0.2, 0.25) is 0 Å². The molecule has 8 nitrogen and oxygen atoms in total. The van der Waals surface area contributed by atoms with Crippen LogP contribution in [-0.4, -0.2) is 30.8 Å². The summed E-state index contributed by atoms with van der Waals surface area (Å²) in [6.07, 6.45) is -0.222. The maximum absolute atomic E-state index is 13.0. The molecule has 0 spiro atoms. The van der Waals surface area contributed by atoms with Crippen molar-refractivity contribution in [2.24, 2.45) is 0 Å². The van der Waals surface area contributed by atoms with Gasteiger partial charge in [-0.3, -0.25) is 4.79 Å². The number of fused-ring (bicyclic) bond motifs is 4. The predicted octanol–water partition coefficient (Wildman–Crippen LogP) is 1.18. The molecule has 0 saturated heterocycles. The number of pyridine rings is 2. The Kier molecular flexibility index (Phi) is 3.99. The molecule has 0 bridgehead atoms. The predicted molar refractivity (Wildman–Crippen MR) is 103 cm³/mol. The van der Waals surface area contributed by atoms with Gasteiger partial charge in [0.2, 0.25) is 0 Å². The number of benzene rings is 1. The number of para-hydroxylation sites is 1. The first kappa shape index (κ1) is 18.1. The number of aliphatic hydroxyl groups is 2. The smallest absolute Gasteiger partial charge is 0.340 e. The van der Waals surface area contributed by atoms with Crippen LogP contribution in [-0.2, 0) is 23.5 Å². The van der Waals surface area contributed by atoms with Gasteiger partial charge in [-0.05, 0) is 18.6 Å². The number of aliphatic hydroxyl groups excluding tert-OH is 1. The molecule has 1 atom stereocenters. The van der Waals surface area contributed by atoms with Crippen molar-refractivity contribution in [3.8, 4) is 11.4 Å². The van der Waals surface area contributed by atoms with E-state index in [-0.39, 0.29) is 35.5 Å². The second-order valence-electron chi connectivity index (χ2n) is 6.87. The lowest BCUT2D eigenvalue weighted by Crippen LogP contribution is -2.40. The summed E-state index contributed by atoms with van der Waals surface area (Å²) in [6.45, 7) is 0.940. The van der Waals surface area contributed by atoms with Gasteiger partial charge in [0.1, 0.15) is 0 Å². The van der Waals surface area contributed by atoms with Crippen LogP contribution in [0.25, 0.3) is 22.3 Å². The average molecular weight is 381 g/mol. The molecule has 3 aromatic rings. The van der Waals surface area contributed by atoms with Crippen molar-refractivity contribution in [1.82, 2.24) is 9.55 Å². The number of nitrogens with two attached hydrogens (primary N) is 1. The number of aromatic nitrogens is 2. The Morgan fingerprint density at radius 3 is 2.71 bits per heavy atom. The Morgan fingerprint density at radius 1 is 1.36 bits per heavy atom. The molecule has 0 unspecified atom stereocenters. The molecule has 0 fully saturated rings. The maximum Gasteiger partial charge on any atom is 0.340 e. The molecule has 8 heteroatoms. The van der Waals surface area contributed by atoms with Crippen LogP contribution in [0.15, 0.2) is 35.1 Å². The number of carboxylic acid groups (broad SMARTS) is 1. The second-order valence-corrected chi connectivity index (χ2v) is 6.87. The maximum atomic E-state index is 13.0. The van der Waals surface area contributed by atoms with Gasteiger partial charge in [0.05, 0.1) is 41.3 Å². The molecule has 1 aliphatic rings. The zero-order chi connectivity index (χ0) is 20.2. The number of anilines is 1. The van der Waals surface area contributed by atoms with E-state index in [9.17, 15) is 24.9 Å². The summed E-state index contributed by atoms with van der Waals surface area (Å²) in [5.74, 6) is -1.54. The lowest BCUT2D eigenvalue weighted by molar-refractivity contribution is -0.160. The largest absolute Gasteiger partial charge is 0.479 e. The zero-order valence-corrected chi connectivity index (χ0v) is 15.1. The van der Waals surface area contributed by atoms with E-state index in [2.05, 4.69) is 4.98 Å². The number of rotatable bonds is 4. The molecule has 0 aliphatic carbocycles. The second kappa shape index (κ2) is 6.15. The molecule has 1 aromatic carbocycles. The molecule has 0 radical (unpaired) electrons. The van der Waals surface area contributed by atoms with Gasteiger partial charge in [-0.2, -0.15) is 0 Å². The molecule has 28 heavy (non-hydrogen) atoms. The lowest BCUT2D eigenvalue weighted by atomic mass is 9.86. The van der Waals surface area contributed by atoms with Crippen LogP contribution in [0.5, 0.6) is 0 Å². The van der Waals surface area contributed by atoms with Gasteiger partial charge in [0.25, 0.3) is 5.56 Å². The van der Waals surface area contributed by atoms with Crippen LogP contribution in [0.3, 0.4) is 0 Å². The van der Waals surface area contributed by atoms with Crippen LogP contribution < -0.4 is 11.3 Å². The molecule has 144 valence electrons. The summed E-state index contributed by atoms with van der Waals surface area (Å²) in [7, 11) is 0. The standard InChI is InChI=1S/C20H19N3O5/c1-2-20(28,19(26)27)14-12(9-24)18(25)23-8-11-7-10-5-3-4-6-13(10)22-16(11)17(23)15(14)21/h3-7,24,28H,2,8-9,21H2,1H3,(H,26,27)/t20-/m0/s1. The van der Waals surface area contributed by atoms with E-state index in [1.165, 1.54) is 11.5 Å². The van der Waals surface area contributed by atoms with Gasteiger partial charge < -0.3 is 25.6 Å². The van der Waals surface area contributed by atoms with Crippen molar-refractivity contribution < 1.29 is 20.1 Å². The Bertz CT molecular complexity index is 1200. The first-order valence-corrected chi connectivity index (χ1v) is 8.84. The SMILES string of the molecule is CC[C@@](O)(C(=O)O)c1c(N)c2n(c(=O)c1CO)Cc1cc3ccccc3nc1-2. The molecular weight excluding hydrogens is 362 g/mol. The summed E-state index contributed by atoms with van der Waals surface area (Å²) < 4.78 is 1.37. The van der Waals surface area contributed by atoms with Crippen LogP contribution in [0.1, 0.15) is 30.0 Å². The number of hydrogen-bond donors (Lipinski definition) is 4. The topological polar surface area (TPSA) is 139 Å². The van der Waals surface area contributed by atoms with Gasteiger partial charge in [0.15, 0.2) is 5.60 Å². The highest BCUT2D eigenvalue weighted by molar-refractivity contribution is 5.90. The molecule has 0 saturated carbocycles. The number of hydrogen-bond acceptors (Lipinski definition) is 6. The summed E-state index contributed by atoms with van der Waals surface area (Å²) in [4.78, 5) is 29.4. The van der Waals surface area contributed by atoms with Gasteiger partial charge in [0, 0.05) is 16.5 Å². The molecule has 3 heterocycles. The van der Waals surface area contributed by atoms with E-state index in [0.29, 0.717) is 11.2 Å². The normalized spacial score (nSPS) is 14.5. The summed E-state index contributed by atoms with van der Waals surface area (Å²) in [5.41, 5.74) is 5.00. The molecule has 4 rings (SSSR count). The summed E-state index contributed by atoms with van der Waals surface area (Å²) in [5, 5.41) is 31.1. The van der Waals surface area contributed by atoms with Gasteiger partial charge in [-0.25, -0.2) is 9.78 Å². The van der Waals surface area contributed by atoms with Gasteiger partial charge >= 0.3 is 5.97 Å². The van der Waals surface area contributed by atoms with E-state index >= 15 is 0 Å². The number of nitrogen functional groups attached to an aromatic ring is 1. The Balaban J connectivity index is 2.11. The van der Waals surface area contributed by atoms with E-state index in [0.717, 1.165) is 10.9 Å². The monoisotopic (exact) mass is 381 g/mol. The van der Waals surface area contributed by atoms with Crippen LogP contribution in [0.4, 0.5) is 5.69 Å². The van der Waals surface area contributed by atoms with Crippen molar-refractivity contribution in [1.29, 1.82) is 0 Å². The fourth-order valence-corrected chi connectivity index (χ4v) is 3.91. The Hall–Kier alpha value is -3.23. The molecule has 2 aromatic heterocycles. The number of carboxylic acids is 1. The van der Waals surface area contributed by atoms with E-state index < -0.39 is 23.7 Å². The van der Waals surface area contributed by atoms with E-state index in [4.69, 9.17) is 5.73 Å². The number of aliphatic carboxylic acids is 1. The van der Waals surface area contributed by atoms with Crippen LogP contribution in [0, 0.1) is 0 Å². The van der Waals surface area contributed by atoms with Gasteiger partial charge in [-0.1, -0.05) is 25.1 Å².